The highest BCUT2D eigenvalue weighted by Gasteiger charge is 2.50. The first kappa shape index (κ1) is 37.6. The molecule has 14 rings (SSSR count). The van der Waals surface area contributed by atoms with Gasteiger partial charge in [0.1, 0.15) is 11.5 Å². The van der Waals surface area contributed by atoms with Gasteiger partial charge in [-0.15, -0.1) is 0 Å². The molecule has 2 nitrogen and oxygen atoms in total. The van der Waals surface area contributed by atoms with Crippen LogP contribution in [-0.4, -0.2) is 0 Å². The fraction of sp³-hybridized carbons (Fsp3) is 0.0154. The maximum atomic E-state index is 6.80. The van der Waals surface area contributed by atoms with Crippen molar-refractivity contribution in [2.45, 2.75) is 5.41 Å². The number of benzene rings is 11. The first-order valence-electron chi connectivity index (χ1n) is 23.2. The minimum atomic E-state index is -0.605. The van der Waals surface area contributed by atoms with Crippen LogP contribution in [0.25, 0.3) is 77.5 Å². The molecule has 1 heterocycles. The first-order valence-corrected chi connectivity index (χ1v) is 23.2. The number of anilines is 3. The topological polar surface area (TPSA) is 12.5 Å². The summed E-state index contributed by atoms with van der Waals surface area (Å²) in [6.45, 7) is 0. The van der Waals surface area contributed by atoms with Gasteiger partial charge in [0, 0.05) is 28.1 Å². The largest absolute Gasteiger partial charge is 0.456 e. The minimum Gasteiger partial charge on any atom is -0.456 e. The van der Waals surface area contributed by atoms with E-state index in [0.717, 1.165) is 61.9 Å². The molecule has 11 aromatic rings. The van der Waals surface area contributed by atoms with Crippen molar-refractivity contribution in [2.24, 2.45) is 0 Å². The number of fused-ring (bicyclic) bond motifs is 18. The van der Waals surface area contributed by atoms with Gasteiger partial charge in [0.2, 0.25) is 0 Å². The Morgan fingerprint density at radius 2 is 0.716 bits per heavy atom. The van der Waals surface area contributed by atoms with Gasteiger partial charge in [-0.25, -0.2) is 0 Å². The van der Waals surface area contributed by atoms with E-state index in [1.165, 1.54) is 66.4 Å². The molecule has 0 bridgehead atoms. The third-order valence-electron chi connectivity index (χ3n) is 14.5. The van der Waals surface area contributed by atoms with E-state index in [1.807, 2.05) is 6.07 Å². The first-order chi connectivity index (χ1) is 33.2. The lowest BCUT2D eigenvalue weighted by atomic mass is 9.65. The SMILES string of the molecule is c1ccc(-c2ccccc2N(c2ccc3c(c2)-c2ccccc2-c2ccccc2O3)c2ccc3c(c2)-c2ccccc2-c2ccccc2C32c3ccccc3-c3cc4ccccc4cc32)cc1. The van der Waals surface area contributed by atoms with Crippen LogP contribution in [0, 0.1) is 0 Å². The molecule has 0 radical (unpaired) electrons. The zero-order valence-electron chi connectivity index (χ0n) is 36.5. The lowest BCUT2D eigenvalue weighted by molar-refractivity contribution is 0.488. The van der Waals surface area contributed by atoms with Crippen molar-refractivity contribution in [3.05, 3.63) is 271 Å². The fourth-order valence-electron chi connectivity index (χ4n) is 11.7. The summed E-state index contributed by atoms with van der Waals surface area (Å²) >= 11 is 0. The van der Waals surface area contributed by atoms with Crippen LogP contribution in [-0.2, 0) is 5.41 Å². The molecule has 0 amide bonds. The predicted molar refractivity (Wildman–Crippen MR) is 277 cm³/mol. The molecule has 67 heavy (non-hydrogen) atoms. The van der Waals surface area contributed by atoms with Gasteiger partial charge in [-0.05, 0) is 138 Å². The molecule has 2 aliphatic carbocycles. The van der Waals surface area contributed by atoms with E-state index < -0.39 is 5.41 Å². The van der Waals surface area contributed by atoms with Crippen LogP contribution in [0.4, 0.5) is 17.1 Å². The summed E-state index contributed by atoms with van der Waals surface area (Å²) in [6, 6.07) is 91.6. The van der Waals surface area contributed by atoms with E-state index >= 15 is 0 Å². The van der Waals surface area contributed by atoms with Crippen LogP contribution < -0.4 is 9.64 Å². The van der Waals surface area contributed by atoms with E-state index in [4.69, 9.17) is 4.74 Å². The fourth-order valence-corrected chi connectivity index (χ4v) is 11.7. The molecule has 1 aliphatic heterocycles. The summed E-state index contributed by atoms with van der Waals surface area (Å²) in [7, 11) is 0. The number of hydrogen-bond acceptors (Lipinski definition) is 2. The molecule has 0 saturated carbocycles. The lowest BCUT2D eigenvalue weighted by Crippen LogP contribution is -2.29. The van der Waals surface area contributed by atoms with Crippen LogP contribution in [0.1, 0.15) is 22.3 Å². The van der Waals surface area contributed by atoms with Crippen molar-refractivity contribution in [1.29, 1.82) is 0 Å². The van der Waals surface area contributed by atoms with Crippen molar-refractivity contribution < 1.29 is 4.74 Å². The molecule has 3 aliphatic rings. The Morgan fingerprint density at radius 1 is 0.269 bits per heavy atom. The maximum Gasteiger partial charge on any atom is 0.135 e. The highest BCUT2D eigenvalue weighted by Crippen LogP contribution is 2.62. The molecule has 2 heteroatoms. The standard InChI is InChI=1S/C65H41NO/c1-2-18-42(19-3-1)47-22-12-16-32-62(47)66(46-35-37-64-57(41-46)51-26-9-7-24-49(51)54-29-13-17-33-63(54)67-64)45-34-36-60-56(40-45)50-25-8-6-23-48(50)52-27-10-14-30-58(52)65(60)59-31-15-11-28-53(59)55-38-43-20-4-5-21-44(43)39-61(55)65/h1-41H. The average Bonchev–Trinajstić information content (AvgIpc) is 3.52. The molecule has 1 atom stereocenters. The van der Waals surface area contributed by atoms with E-state index in [0.29, 0.717) is 0 Å². The zero-order chi connectivity index (χ0) is 44.1. The molecular formula is C65H41NO. The van der Waals surface area contributed by atoms with Crippen molar-refractivity contribution in [3.8, 4) is 78.3 Å². The van der Waals surface area contributed by atoms with Gasteiger partial charge in [0.05, 0.1) is 11.1 Å². The molecular weight excluding hydrogens is 811 g/mol. The summed E-state index contributed by atoms with van der Waals surface area (Å²) < 4.78 is 6.80. The van der Waals surface area contributed by atoms with Crippen LogP contribution in [0.2, 0.25) is 0 Å². The monoisotopic (exact) mass is 851 g/mol. The quantitative estimate of drug-likeness (QED) is 0.175. The van der Waals surface area contributed by atoms with Gasteiger partial charge >= 0.3 is 0 Å². The Balaban J connectivity index is 1.07. The molecule has 0 saturated heterocycles. The highest BCUT2D eigenvalue weighted by atomic mass is 16.5. The van der Waals surface area contributed by atoms with Crippen molar-refractivity contribution in [3.63, 3.8) is 0 Å². The second-order valence-corrected chi connectivity index (χ2v) is 17.9. The number of para-hydroxylation sites is 2. The van der Waals surface area contributed by atoms with E-state index in [2.05, 4.69) is 248 Å². The summed E-state index contributed by atoms with van der Waals surface area (Å²) in [4.78, 5) is 2.46. The second kappa shape index (κ2) is 14.7. The van der Waals surface area contributed by atoms with Gasteiger partial charge in [0.15, 0.2) is 0 Å². The molecule has 11 aromatic carbocycles. The Bertz CT molecular complexity index is 3810. The third kappa shape index (κ3) is 5.51. The molecule has 1 spiro atoms. The van der Waals surface area contributed by atoms with E-state index in [9.17, 15) is 0 Å². The van der Waals surface area contributed by atoms with Gasteiger partial charge in [-0.2, -0.15) is 0 Å². The van der Waals surface area contributed by atoms with Crippen LogP contribution in [0.15, 0.2) is 249 Å². The van der Waals surface area contributed by atoms with Crippen molar-refractivity contribution in [2.75, 3.05) is 4.90 Å². The molecule has 1 unspecified atom stereocenters. The number of hydrogen-bond donors (Lipinski definition) is 0. The maximum absolute atomic E-state index is 6.80. The Morgan fingerprint density at radius 3 is 1.43 bits per heavy atom. The number of ether oxygens (including phenoxy) is 1. The van der Waals surface area contributed by atoms with Crippen LogP contribution >= 0.6 is 0 Å². The van der Waals surface area contributed by atoms with Crippen LogP contribution in [0.5, 0.6) is 11.5 Å². The smallest absolute Gasteiger partial charge is 0.135 e. The van der Waals surface area contributed by atoms with Gasteiger partial charge < -0.3 is 9.64 Å². The summed E-state index contributed by atoms with van der Waals surface area (Å²) in [5, 5.41) is 2.49. The number of nitrogens with zero attached hydrogens (tertiary/aromatic N) is 1. The van der Waals surface area contributed by atoms with E-state index in [1.54, 1.807) is 0 Å². The Kier molecular flexibility index (Phi) is 8.23. The van der Waals surface area contributed by atoms with Gasteiger partial charge in [-0.1, -0.05) is 194 Å². The summed E-state index contributed by atoms with van der Waals surface area (Å²) in [5.41, 5.74) is 22.0. The van der Waals surface area contributed by atoms with E-state index in [-0.39, 0.29) is 0 Å². The Hall–Kier alpha value is -8.72. The molecule has 312 valence electrons. The van der Waals surface area contributed by atoms with Crippen LogP contribution in [0.3, 0.4) is 0 Å². The Labute approximate surface area is 390 Å². The summed E-state index contributed by atoms with van der Waals surface area (Å²) in [5.74, 6) is 1.69. The van der Waals surface area contributed by atoms with Gasteiger partial charge in [0.25, 0.3) is 0 Å². The third-order valence-corrected chi connectivity index (χ3v) is 14.5. The molecule has 0 N–H and O–H groups in total. The normalized spacial score (nSPS) is 14.4. The number of rotatable bonds is 4. The zero-order valence-corrected chi connectivity index (χ0v) is 36.5. The molecule has 0 aromatic heterocycles. The minimum absolute atomic E-state index is 0.605. The lowest BCUT2D eigenvalue weighted by Gasteiger charge is -2.36. The average molecular weight is 852 g/mol. The van der Waals surface area contributed by atoms with Crippen molar-refractivity contribution >= 4 is 27.8 Å². The molecule has 0 fully saturated rings. The summed E-state index contributed by atoms with van der Waals surface area (Å²) in [6.07, 6.45) is 0. The second-order valence-electron chi connectivity index (χ2n) is 17.9. The van der Waals surface area contributed by atoms with Gasteiger partial charge in [-0.3, -0.25) is 0 Å². The predicted octanol–water partition coefficient (Wildman–Crippen LogP) is 17.4. The van der Waals surface area contributed by atoms with Crippen molar-refractivity contribution in [1.82, 2.24) is 0 Å². The highest BCUT2D eigenvalue weighted by molar-refractivity contribution is 6.02.